The Morgan fingerprint density at radius 1 is 1.28 bits per heavy atom. The summed E-state index contributed by atoms with van der Waals surface area (Å²) in [6.07, 6.45) is 3.34. The molecular weight excluding hydrogens is 321 g/mol. The lowest BCUT2D eigenvalue weighted by atomic mass is 9.62. The second-order valence-corrected chi connectivity index (χ2v) is 8.16. The van der Waals surface area contributed by atoms with Crippen molar-refractivity contribution in [3.05, 3.63) is 29.6 Å². The number of esters is 1. The van der Waals surface area contributed by atoms with Crippen LogP contribution in [0.15, 0.2) is 18.2 Å². The zero-order chi connectivity index (χ0) is 18.1. The Morgan fingerprint density at radius 2 is 1.96 bits per heavy atom. The van der Waals surface area contributed by atoms with Crippen LogP contribution in [0.4, 0.5) is 10.1 Å². The zero-order valence-corrected chi connectivity index (χ0v) is 15.4. The van der Waals surface area contributed by atoms with Crippen LogP contribution in [-0.4, -0.2) is 37.9 Å². The molecule has 2 fully saturated rings. The third-order valence-corrected chi connectivity index (χ3v) is 5.12. The van der Waals surface area contributed by atoms with Crippen LogP contribution in [0, 0.1) is 5.82 Å². The molecule has 1 aromatic rings. The Hall–Kier alpha value is -1.62. The van der Waals surface area contributed by atoms with E-state index in [2.05, 4.69) is 0 Å². The number of halogens is 1. The maximum Gasteiger partial charge on any atom is 0.307 e. The summed E-state index contributed by atoms with van der Waals surface area (Å²) in [6.45, 7) is 8.27. The van der Waals surface area contributed by atoms with Crippen LogP contribution in [-0.2, 0) is 19.7 Å². The van der Waals surface area contributed by atoms with Crippen molar-refractivity contribution < 1.29 is 18.7 Å². The number of carbonyl (C=O) groups is 1. The second kappa shape index (κ2) is 6.94. The summed E-state index contributed by atoms with van der Waals surface area (Å²) >= 11 is 0. The number of nitrogens with zero attached hydrogens (tertiary/aromatic N) is 1. The lowest BCUT2D eigenvalue weighted by Crippen LogP contribution is -2.40. The average Bonchev–Trinajstić information content (AvgIpc) is 2.51. The van der Waals surface area contributed by atoms with Gasteiger partial charge in [-0.15, -0.1) is 0 Å². The minimum absolute atomic E-state index is 0.176. The molecule has 1 saturated carbocycles. The summed E-state index contributed by atoms with van der Waals surface area (Å²) in [5, 5.41) is 0. The van der Waals surface area contributed by atoms with E-state index in [9.17, 15) is 9.18 Å². The summed E-state index contributed by atoms with van der Waals surface area (Å²) in [6, 6.07) is 5.31. The van der Waals surface area contributed by atoms with Gasteiger partial charge < -0.3 is 14.4 Å². The van der Waals surface area contributed by atoms with Crippen LogP contribution in [0.25, 0.3) is 0 Å². The molecule has 0 bridgehead atoms. The highest BCUT2D eigenvalue weighted by Crippen LogP contribution is 2.48. The van der Waals surface area contributed by atoms with Gasteiger partial charge in [0.15, 0.2) is 0 Å². The van der Waals surface area contributed by atoms with Gasteiger partial charge in [0.1, 0.15) is 11.4 Å². The Kier molecular flexibility index (Phi) is 5.05. The number of benzene rings is 1. The van der Waals surface area contributed by atoms with E-state index < -0.39 is 5.60 Å². The monoisotopic (exact) mass is 349 g/mol. The van der Waals surface area contributed by atoms with Crippen molar-refractivity contribution in [1.29, 1.82) is 0 Å². The van der Waals surface area contributed by atoms with Crippen LogP contribution in [0.5, 0.6) is 0 Å². The summed E-state index contributed by atoms with van der Waals surface area (Å²) < 4.78 is 25.3. The highest BCUT2D eigenvalue weighted by molar-refractivity contribution is 5.72. The van der Waals surface area contributed by atoms with Crippen LogP contribution in [0.1, 0.15) is 52.0 Å². The number of rotatable bonds is 4. The third-order valence-electron chi connectivity index (χ3n) is 5.12. The van der Waals surface area contributed by atoms with Gasteiger partial charge in [0, 0.05) is 18.5 Å². The van der Waals surface area contributed by atoms with Crippen molar-refractivity contribution in [3.63, 3.8) is 0 Å². The van der Waals surface area contributed by atoms with Gasteiger partial charge in [-0.3, -0.25) is 4.79 Å². The van der Waals surface area contributed by atoms with Gasteiger partial charge >= 0.3 is 5.97 Å². The van der Waals surface area contributed by atoms with Crippen molar-refractivity contribution in [1.82, 2.24) is 0 Å². The standard InChI is InChI=1S/C20H28FNO3/c1-19(2,3)25-18(23)14-20(7-4-8-20)15-5-6-16(21)17(13-15)22-9-11-24-12-10-22/h5-6,13H,4,7-12,14H2,1-3H3. The fourth-order valence-electron chi connectivity index (χ4n) is 3.71. The predicted molar refractivity (Wildman–Crippen MR) is 95.4 cm³/mol. The second-order valence-electron chi connectivity index (χ2n) is 8.16. The first kappa shape index (κ1) is 18.2. The highest BCUT2D eigenvalue weighted by Gasteiger charge is 2.42. The molecule has 0 aromatic heterocycles. The van der Waals surface area contributed by atoms with Crippen molar-refractivity contribution in [2.24, 2.45) is 0 Å². The maximum absolute atomic E-state index is 14.4. The molecule has 1 saturated heterocycles. The summed E-state index contributed by atoms with van der Waals surface area (Å²) in [4.78, 5) is 14.4. The molecule has 0 amide bonds. The average molecular weight is 349 g/mol. The number of carbonyl (C=O) groups excluding carboxylic acids is 1. The van der Waals surface area contributed by atoms with Crippen molar-refractivity contribution >= 4 is 11.7 Å². The van der Waals surface area contributed by atoms with E-state index in [4.69, 9.17) is 9.47 Å². The van der Waals surface area contributed by atoms with E-state index in [0.29, 0.717) is 38.4 Å². The van der Waals surface area contributed by atoms with Crippen LogP contribution >= 0.6 is 0 Å². The Labute approximate surface area is 149 Å². The molecule has 0 atom stereocenters. The van der Waals surface area contributed by atoms with Crippen LogP contribution in [0.3, 0.4) is 0 Å². The molecule has 5 heteroatoms. The van der Waals surface area contributed by atoms with E-state index in [1.807, 2.05) is 37.8 Å². The minimum atomic E-state index is -0.482. The molecule has 0 unspecified atom stereocenters. The van der Waals surface area contributed by atoms with E-state index in [-0.39, 0.29) is 17.2 Å². The molecule has 25 heavy (non-hydrogen) atoms. The van der Waals surface area contributed by atoms with Crippen molar-refractivity contribution in [2.75, 3.05) is 31.2 Å². The first-order valence-electron chi connectivity index (χ1n) is 9.14. The number of anilines is 1. The molecule has 1 aliphatic heterocycles. The number of morpholine rings is 1. The molecule has 0 spiro atoms. The summed E-state index contributed by atoms with van der Waals surface area (Å²) in [7, 11) is 0. The lowest BCUT2D eigenvalue weighted by Gasteiger charge is -2.43. The molecule has 1 aromatic carbocycles. The maximum atomic E-state index is 14.4. The van der Waals surface area contributed by atoms with Gasteiger partial charge in [0.05, 0.1) is 25.3 Å². The van der Waals surface area contributed by atoms with E-state index in [0.717, 1.165) is 24.8 Å². The van der Waals surface area contributed by atoms with Crippen molar-refractivity contribution in [2.45, 2.75) is 57.5 Å². The molecule has 0 N–H and O–H groups in total. The molecule has 1 aliphatic carbocycles. The predicted octanol–water partition coefficient (Wildman–Crippen LogP) is 3.82. The Morgan fingerprint density at radius 3 is 2.52 bits per heavy atom. The smallest absolute Gasteiger partial charge is 0.307 e. The van der Waals surface area contributed by atoms with E-state index >= 15 is 0 Å². The summed E-state index contributed by atoms with van der Waals surface area (Å²) in [5.41, 5.74) is 0.977. The minimum Gasteiger partial charge on any atom is -0.460 e. The molecule has 4 nitrogen and oxygen atoms in total. The number of hydrogen-bond acceptors (Lipinski definition) is 4. The molecule has 3 rings (SSSR count). The molecule has 2 aliphatic rings. The van der Waals surface area contributed by atoms with Crippen molar-refractivity contribution in [3.8, 4) is 0 Å². The van der Waals surface area contributed by atoms with Gasteiger partial charge in [0.25, 0.3) is 0 Å². The lowest BCUT2D eigenvalue weighted by molar-refractivity contribution is -0.157. The zero-order valence-electron chi connectivity index (χ0n) is 15.4. The first-order valence-corrected chi connectivity index (χ1v) is 9.14. The molecule has 1 heterocycles. The van der Waals surface area contributed by atoms with E-state index in [1.165, 1.54) is 6.07 Å². The normalized spacial score (nSPS) is 20.1. The Balaban J connectivity index is 1.82. The SMILES string of the molecule is CC(C)(C)OC(=O)CC1(c2ccc(F)c(N3CCOCC3)c2)CCC1. The van der Waals surface area contributed by atoms with Crippen LogP contribution < -0.4 is 4.90 Å². The number of hydrogen-bond donors (Lipinski definition) is 0. The van der Waals surface area contributed by atoms with Gasteiger partial charge in [-0.1, -0.05) is 12.5 Å². The largest absolute Gasteiger partial charge is 0.460 e. The topological polar surface area (TPSA) is 38.8 Å². The molecule has 0 radical (unpaired) electrons. The fraction of sp³-hybridized carbons (Fsp3) is 0.650. The first-order chi connectivity index (χ1) is 11.8. The fourth-order valence-corrected chi connectivity index (χ4v) is 3.71. The van der Waals surface area contributed by atoms with Crippen LogP contribution in [0.2, 0.25) is 0 Å². The Bertz CT molecular complexity index is 628. The quantitative estimate of drug-likeness (QED) is 0.775. The molecule has 138 valence electrons. The van der Waals surface area contributed by atoms with Gasteiger partial charge in [-0.2, -0.15) is 0 Å². The number of ether oxygens (including phenoxy) is 2. The molecular formula is C20H28FNO3. The highest BCUT2D eigenvalue weighted by atomic mass is 19.1. The van der Waals surface area contributed by atoms with Gasteiger partial charge in [-0.25, -0.2) is 4.39 Å². The van der Waals surface area contributed by atoms with Gasteiger partial charge in [-0.05, 0) is 51.3 Å². The summed E-state index contributed by atoms with van der Waals surface area (Å²) in [5.74, 6) is -0.387. The van der Waals surface area contributed by atoms with E-state index in [1.54, 1.807) is 0 Å². The third kappa shape index (κ3) is 4.14. The van der Waals surface area contributed by atoms with Gasteiger partial charge in [0.2, 0.25) is 0 Å².